The number of nitrogens with zero attached hydrogens (tertiary/aromatic N) is 3. The van der Waals surface area contributed by atoms with Crippen LogP contribution in [0.1, 0.15) is 4.88 Å². The van der Waals surface area contributed by atoms with Crippen molar-refractivity contribution in [3.63, 3.8) is 0 Å². The van der Waals surface area contributed by atoms with Crippen LogP contribution in [0.5, 0.6) is 0 Å². The Labute approximate surface area is 87.5 Å². The summed E-state index contributed by atoms with van der Waals surface area (Å²) in [5.74, 6) is 0.452. The SMILES string of the molecule is Nc1cnn(Cc2sccc2Br)n1. The summed E-state index contributed by atoms with van der Waals surface area (Å²) in [5.41, 5.74) is 5.44. The average molecular weight is 259 g/mol. The molecule has 0 spiro atoms. The summed E-state index contributed by atoms with van der Waals surface area (Å²) in [5, 5.41) is 10.0. The van der Waals surface area contributed by atoms with E-state index in [-0.39, 0.29) is 0 Å². The Morgan fingerprint density at radius 2 is 2.46 bits per heavy atom. The number of rotatable bonds is 2. The van der Waals surface area contributed by atoms with Gasteiger partial charge in [-0.15, -0.1) is 16.4 Å². The third kappa shape index (κ3) is 1.89. The van der Waals surface area contributed by atoms with Gasteiger partial charge < -0.3 is 5.73 Å². The fraction of sp³-hybridized carbons (Fsp3) is 0.143. The second-order valence-electron chi connectivity index (χ2n) is 2.49. The minimum Gasteiger partial charge on any atom is -0.381 e. The summed E-state index contributed by atoms with van der Waals surface area (Å²) in [4.78, 5) is 2.77. The van der Waals surface area contributed by atoms with Crippen LogP contribution < -0.4 is 5.73 Å². The maximum Gasteiger partial charge on any atom is 0.165 e. The summed E-state index contributed by atoms with van der Waals surface area (Å²) in [7, 11) is 0. The molecule has 0 radical (unpaired) electrons. The fourth-order valence-corrected chi connectivity index (χ4v) is 2.41. The Balaban J connectivity index is 2.19. The number of anilines is 1. The lowest BCUT2D eigenvalue weighted by atomic mass is 10.5. The number of thiophene rings is 1. The molecule has 0 aromatic carbocycles. The molecule has 4 nitrogen and oxygen atoms in total. The van der Waals surface area contributed by atoms with Crippen LogP contribution in [-0.2, 0) is 6.54 Å². The van der Waals surface area contributed by atoms with Gasteiger partial charge in [0, 0.05) is 9.35 Å². The molecule has 2 rings (SSSR count). The van der Waals surface area contributed by atoms with Gasteiger partial charge in [0.1, 0.15) is 0 Å². The molecule has 0 bridgehead atoms. The highest BCUT2D eigenvalue weighted by atomic mass is 79.9. The third-order valence-electron chi connectivity index (χ3n) is 1.53. The summed E-state index contributed by atoms with van der Waals surface area (Å²) < 4.78 is 1.09. The van der Waals surface area contributed by atoms with Gasteiger partial charge in [-0.3, -0.25) is 0 Å². The van der Waals surface area contributed by atoms with E-state index >= 15 is 0 Å². The van der Waals surface area contributed by atoms with E-state index in [0.717, 1.165) is 4.47 Å². The molecule has 0 unspecified atom stereocenters. The molecule has 2 N–H and O–H groups in total. The zero-order valence-electron chi connectivity index (χ0n) is 6.64. The summed E-state index contributed by atoms with van der Waals surface area (Å²) >= 11 is 5.11. The van der Waals surface area contributed by atoms with Crippen LogP contribution >= 0.6 is 27.3 Å². The molecule has 13 heavy (non-hydrogen) atoms. The maximum atomic E-state index is 5.44. The quantitative estimate of drug-likeness (QED) is 0.893. The zero-order valence-corrected chi connectivity index (χ0v) is 9.05. The van der Waals surface area contributed by atoms with Crippen molar-refractivity contribution in [1.82, 2.24) is 15.0 Å². The van der Waals surface area contributed by atoms with Gasteiger partial charge in [0.05, 0.1) is 12.7 Å². The maximum absolute atomic E-state index is 5.44. The summed E-state index contributed by atoms with van der Waals surface area (Å²) in [6.07, 6.45) is 1.54. The standard InChI is InChI=1S/C7H7BrN4S/c8-5-1-2-13-6(5)4-12-10-3-7(9)11-12/h1-3H,4H2,(H2,9,11). The molecule has 2 aromatic heterocycles. The first kappa shape index (κ1) is 8.71. The molecular weight excluding hydrogens is 252 g/mol. The predicted molar refractivity (Wildman–Crippen MR) is 55.6 cm³/mol. The molecule has 0 fully saturated rings. The minimum atomic E-state index is 0.452. The van der Waals surface area contributed by atoms with E-state index in [0.29, 0.717) is 12.4 Å². The Kier molecular flexibility index (Phi) is 2.32. The molecular formula is C7H7BrN4S. The summed E-state index contributed by atoms with van der Waals surface area (Å²) in [6.45, 7) is 0.662. The van der Waals surface area contributed by atoms with Crippen molar-refractivity contribution in [2.45, 2.75) is 6.54 Å². The molecule has 6 heteroatoms. The second kappa shape index (κ2) is 3.47. The molecule has 0 aliphatic rings. The van der Waals surface area contributed by atoms with Crippen molar-refractivity contribution in [3.8, 4) is 0 Å². The van der Waals surface area contributed by atoms with Crippen LogP contribution in [0.3, 0.4) is 0 Å². The number of hydrogen-bond donors (Lipinski definition) is 1. The lowest BCUT2D eigenvalue weighted by Crippen LogP contribution is -2.02. The summed E-state index contributed by atoms with van der Waals surface area (Å²) in [6, 6.07) is 2.01. The lowest BCUT2D eigenvalue weighted by Gasteiger charge is -1.96. The van der Waals surface area contributed by atoms with Crippen LogP contribution in [0.4, 0.5) is 5.82 Å². The number of aromatic nitrogens is 3. The normalized spacial score (nSPS) is 10.5. The van der Waals surface area contributed by atoms with E-state index in [1.54, 1.807) is 22.3 Å². The zero-order chi connectivity index (χ0) is 9.26. The highest BCUT2D eigenvalue weighted by Crippen LogP contribution is 2.22. The lowest BCUT2D eigenvalue weighted by molar-refractivity contribution is 0.597. The molecule has 2 aromatic rings. The van der Waals surface area contributed by atoms with Crippen molar-refractivity contribution in [1.29, 1.82) is 0 Å². The van der Waals surface area contributed by atoms with Crippen molar-refractivity contribution < 1.29 is 0 Å². The van der Waals surface area contributed by atoms with Crippen molar-refractivity contribution >= 4 is 33.1 Å². The number of nitrogen functional groups attached to an aromatic ring is 1. The first-order valence-electron chi connectivity index (χ1n) is 3.63. The highest BCUT2D eigenvalue weighted by molar-refractivity contribution is 9.10. The van der Waals surface area contributed by atoms with Crippen molar-refractivity contribution in [2.75, 3.05) is 5.73 Å². The van der Waals surface area contributed by atoms with Gasteiger partial charge in [-0.1, -0.05) is 0 Å². The van der Waals surface area contributed by atoms with Gasteiger partial charge in [0.25, 0.3) is 0 Å². The van der Waals surface area contributed by atoms with Gasteiger partial charge in [0.15, 0.2) is 5.82 Å². The van der Waals surface area contributed by atoms with Crippen LogP contribution in [0.2, 0.25) is 0 Å². The van der Waals surface area contributed by atoms with Gasteiger partial charge in [-0.25, -0.2) is 0 Å². The van der Waals surface area contributed by atoms with Gasteiger partial charge in [0.2, 0.25) is 0 Å². The second-order valence-corrected chi connectivity index (χ2v) is 4.35. The number of nitrogens with two attached hydrogens (primary N) is 1. The molecule has 0 saturated heterocycles. The first-order chi connectivity index (χ1) is 6.25. The van der Waals surface area contributed by atoms with Crippen LogP contribution in [0.25, 0.3) is 0 Å². The molecule has 0 saturated carbocycles. The minimum absolute atomic E-state index is 0.452. The highest BCUT2D eigenvalue weighted by Gasteiger charge is 2.03. The van der Waals surface area contributed by atoms with Crippen LogP contribution in [0.15, 0.2) is 22.1 Å². The Hall–Kier alpha value is -0.880. The topological polar surface area (TPSA) is 56.7 Å². The molecule has 68 valence electrons. The van der Waals surface area contributed by atoms with Crippen LogP contribution in [-0.4, -0.2) is 15.0 Å². The van der Waals surface area contributed by atoms with Gasteiger partial charge in [-0.2, -0.15) is 9.90 Å². The molecule has 2 heterocycles. The van der Waals surface area contributed by atoms with Crippen molar-refractivity contribution in [3.05, 3.63) is 27.0 Å². The smallest absolute Gasteiger partial charge is 0.165 e. The Morgan fingerprint density at radius 1 is 1.62 bits per heavy atom. The molecule has 0 amide bonds. The Bertz CT molecular complexity index is 408. The largest absolute Gasteiger partial charge is 0.381 e. The number of hydrogen-bond acceptors (Lipinski definition) is 4. The molecule has 0 aliphatic carbocycles. The van der Waals surface area contributed by atoms with Gasteiger partial charge >= 0.3 is 0 Å². The van der Waals surface area contributed by atoms with E-state index in [1.165, 1.54) is 4.88 Å². The molecule has 0 atom stereocenters. The van der Waals surface area contributed by atoms with E-state index < -0.39 is 0 Å². The monoisotopic (exact) mass is 258 g/mol. The fourth-order valence-electron chi connectivity index (χ4n) is 0.953. The average Bonchev–Trinajstić information content (AvgIpc) is 2.64. The van der Waals surface area contributed by atoms with Crippen LogP contribution in [0, 0.1) is 0 Å². The van der Waals surface area contributed by atoms with E-state index in [1.807, 2.05) is 11.4 Å². The van der Waals surface area contributed by atoms with Crippen molar-refractivity contribution in [2.24, 2.45) is 0 Å². The van der Waals surface area contributed by atoms with E-state index in [2.05, 4.69) is 26.1 Å². The third-order valence-corrected chi connectivity index (χ3v) is 3.44. The van der Waals surface area contributed by atoms with Gasteiger partial charge in [-0.05, 0) is 27.4 Å². The van der Waals surface area contributed by atoms with E-state index in [4.69, 9.17) is 5.73 Å². The predicted octanol–water partition coefficient (Wildman–Crippen LogP) is 1.73. The first-order valence-corrected chi connectivity index (χ1v) is 5.30. The van der Waals surface area contributed by atoms with E-state index in [9.17, 15) is 0 Å². The number of halogens is 1. The molecule has 0 aliphatic heterocycles. The Morgan fingerprint density at radius 3 is 3.00 bits per heavy atom.